The number of pyridine rings is 1. The lowest BCUT2D eigenvalue weighted by Gasteiger charge is -2.18. The second-order valence-corrected chi connectivity index (χ2v) is 5.45. The molecule has 0 radical (unpaired) electrons. The van der Waals surface area contributed by atoms with Crippen LogP contribution in [0.2, 0.25) is 0 Å². The first-order valence-corrected chi connectivity index (χ1v) is 6.68. The van der Waals surface area contributed by atoms with Crippen molar-refractivity contribution in [3.8, 4) is 0 Å². The summed E-state index contributed by atoms with van der Waals surface area (Å²) in [6.45, 7) is 4.12. The van der Waals surface area contributed by atoms with Crippen molar-refractivity contribution in [3.05, 3.63) is 39.3 Å². The van der Waals surface area contributed by atoms with Crippen LogP contribution < -0.4 is 4.90 Å². The summed E-state index contributed by atoms with van der Waals surface area (Å²) in [5.74, 6) is 0.978. The van der Waals surface area contributed by atoms with Crippen molar-refractivity contribution >= 4 is 38.1 Å². The normalized spacial score (nSPS) is 10.5. The summed E-state index contributed by atoms with van der Waals surface area (Å²) in [5, 5.41) is 3.35. The van der Waals surface area contributed by atoms with Crippen molar-refractivity contribution < 1.29 is 0 Å². The van der Waals surface area contributed by atoms with E-state index in [0.717, 1.165) is 16.0 Å². The van der Waals surface area contributed by atoms with Crippen LogP contribution in [0.3, 0.4) is 0 Å². The summed E-state index contributed by atoms with van der Waals surface area (Å²) in [6.07, 6.45) is 0. The highest BCUT2D eigenvalue weighted by atomic mass is 79.9. The summed E-state index contributed by atoms with van der Waals surface area (Å²) < 4.78 is 1.05. The third-order valence-electron chi connectivity index (χ3n) is 2.49. The SMILES string of the molecule is Cc1ccsc1N(C)c1ccc(Br)c(C)n1. The molecule has 2 heterocycles. The van der Waals surface area contributed by atoms with E-state index in [1.54, 1.807) is 11.3 Å². The Hall–Kier alpha value is -0.870. The molecule has 0 aromatic carbocycles. The molecule has 84 valence electrons. The lowest BCUT2D eigenvalue weighted by Crippen LogP contribution is -2.11. The molecule has 0 aliphatic heterocycles. The van der Waals surface area contributed by atoms with Gasteiger partial charge in [-0.3, -0.25) is 0 Å². The second-order valence-electron chi connectivity index (χ2n) is 3.70. The molecule has 0 unspecified atom stereocenters. The Kier molecular flexibility index (Phi) is 3.30. The van der Waals surface area contributed by atoms with Gasteiger partial charge in [0, 0.05) is 11.5 Å². The van der Waals surface area contributed by atoms with Gasteiger partial charge < -0.3 is 4.90 Å². The van der Waals surface area contributed by atoms with E-state index in [2.05, 4.69) is 51.2 Å². The van der Waals surface area contributed by atoms with Crippen molar-refractivity contribution in [2.75, 3.05) is 11.9 Å². The van der Waals surface area contributed by atoms with E-state index in [1.165, 1.54) is 10.6 Å². The maximum absolute atomic E-state index is 4.56. The van der Waals surface area contributed by atoms with Crippen LogP contribution in [0.25, 0.3) is 0 Å². The van der Waals surface area contributed by atoms with Crippen molar-refractivity contribution in [2.24, 2.45) is 0 Å². The molecule has 0 fully saturated rings. The van der Waals surface area contributed by atoms with E-state index in [0.29, 0.717) is 0 Å². The zero-order valence-electron chi connectivity index (χ0n) is 9.49. The number of anilines is 2. The maximum atomic E-state index is 4.56. The Balaban J connectivity index is 2.38. The molecule has 0 atom stereocenters. The highest BCUT2D eigenvalue weighted by molar-refractivity contribution is 9.10. The molecule has 0 amide bonds. The van der Waals surface area contributed by atoms with Gasteiger partial charge in [-0.2, -0.15) is 0 Å². The number of thiophene rings is 1. The van der Waals surface area contributed by atoms with E-state index >= 15 is 0 Å². The molecule has 0 aliphatic rings. The number of aryl methyl sites for hydroxylation is 2. The van der Waals surface area contributed by atoms with Crippen molar-refractivity contribution in [1.82, 2.24) is 4.98 Å². The van der Waals surface area contributed by atoms with Gasteiger partial charge in [0.15, 0.2) is 0 Å². The molecular weight excluding hydrogens is 284 g/mol. The van der Waals surface area contributed by atoms with Gasteiger partial charge in [0.05, 0.1) is 10.7 Å². The third kappa shape index (κ3) is 2.13. The number of hydrogen-bond acceptors (Lipinski definition) is 3. The Bertz CT molecular complexity index is 507. The van der Waals surface area contributed by atoms with Gasteiger partial charge in [-0.05, 0) is 58.9 Å². The van der Waals surface area contributed by atoms with E-state index in [-0.39, 0.29) is 0 Å². The molecular formula is C12H13BrN2S. The number of hydrogen-bond donors (Lipinski definition) is 0. The first-order valence-electron chi connectivity index (χ1n) is 5.00. The molecule has 4 heteroatoms. The Morgan fingerprint density at radius 2 is 2.00 bits per heavy atom. The fourth-order valence-corrected chi connectivity index (χ4v) is 2.66. The minimum atomic E-state index is 0.978. The largest absolute Gasteiger partial charge is 0.321 e. The molecule has 2 rings (SSSR count). The zero-order chi connectivity index (χ0) is 11.7. The average Bonchev–Trinajstić information content (AvgIpc) is 2.67. The van der Waals surface area contributed by atoms with Gasteiger partial charge in [-0.15, -0.1) is 11.3 Å². The number of nitrogens with zero attached hydrogens (tertiary/aromatic N) is 2. The monoisotopic (exact) mass is 296 g/mol. The summed E-state index contributed by atoms with van der Waals surface area (Å²) in [5.41, 5.74) is 2.30. The number of halogens is 1. The second kappa shape index (κ2) is 4.55. The molecule has 0 saturated carbocycles. The van der Waals surface area contributed by atoms with Crippen molar-refractivity contribution in [2.45, 2.75) is 13.8 Å². The Morgan fingerprint density at radius 1 is 1.25 bits per heavy atom. The summed E-state index contributed by atoms with van der Waals surface area (Å²) >= 11 is 5.20. The maximum Gasteiger partial charge on any atom is 0.133 e. The standard InChI is InChI=1S/C12H13BrN2S/c1-8-6-7-16-12(8)15(3)11-5-4-10(13)9(2)14-11/h4-7H,1-3H3. The summed E-state index contributed by atoms with van der Waals surface area (Å²) in [7, 11) is 2.05. The first-order chi connectivity index (χ1) is 7.59. The molecule has 2 aromatic heterocycles. The zero-order valence-corrected chi connectivity index (χ0v) is 11.9. The van der Waals surface area contributed by atoms with Crippen molar-refractivity contribution in [3.63, 3.8) is 0 Å². The molecule has 0 bridgehead atoms. The van der Waals surface area contributed by atoms with Crippen LogP contribution in [-0.4, -0.2) is 12.0 Å². The summed E-state index contributed by atoms with van der Waals surface area (Å²) in [6, 6.07) is 6.19. The molecule has 0 N–H and O–H groups in total. The van der Waals surface area contributed by atoms with E-state index in [9.17, 15) is 0 Å². The lowest BCUT2D eigenvalue weighted by atomic mass is 10.3. The molecule has 0 spiro atoms. The van der Waals surface area contributed by atoms with Gasteiger partial charge >= 0.3 is 0 Å². The first kappa shape index (κ1) is 11.6. The minimum absolute atomic E-state index is 0.978. The highest BCUT2D eigenvalue weighted by Gasteiger charge is 2.10. The lowest BCUT2D eigenvalue weighted by molar-refractivity contribution is 1.09. The van der Waals surface area contributed by atoms with Gasteiger partial charge in [-0.25, -0.2) is 4.98 Å². The molecule has 0 saturated heterocycles. The van der Waals surface area contributed by atoms with Gasteiger partial charge in [0.2, 0.25) is 0 Å². The molecule has 2 aromatic rings. The van der Waals surface area contributed by atoms with E-state index in [4.69, 9.17) is 0 Å². The van der Waals surface area contributed by atoms with Gasteiger partial charge in [-0.1, -0.05) is 0 Å². The number of rotatable bonds is 2. The smallest absolute Gasteiger partial charge is 0.133 e. The highest BCUT2D eigenvalue weighted by Crippen LogP contribution is 2.31. The van der Waals surface area contributed by atoms with E-state index < -0.39 is 0 Å². The molecule has 16 heavy (non-hydrogen) atoms. The quantitative estimate of drug-likeness (QED) is 0.822. The molecule has 0 aliphatic carbocycles. The fourth-order valence-electron chi connectivity index (χ4n) is 1.53. The topological polar surface area (TPSA) is 16.1 Å². The van der Waals surface area contributed by atoms with Crippen LogP contribution in [0.5, 0.6) is 0 Å². The van der Waals surface area contributed by atoms with Crippen LogP contribution >= 0.6 is 27.3 Å². The minimum Gasteiger partial charge on any atom is -0.321 e. The average molecular weight is 297 g/mol. The fraction of sp³-hybridized carbons (Fsp3) is 0.250. The van der Waals surface area contributed by atoms with Crippen LogP contribution in [0, 0.1) is 13.8 Å². The van der Waals surface area contributed by atoms with Gasteiger partial charge in [0.1, 0.15) is 5.82 Å². The van der Waals surface area contributed by atoms with Gasteiger partial charge in [0.25, 0.3) is 0 Å². The predicted octanol–water partition coefficient (Wildman–Crippen LogP) is 4.29. The van der Waals surface area contributed by atoms with Crippen LogP contribution in [-0.2, 0) is 0 Å². The Morgan fingerprint density at radius 3 is 2.56 bits per heavy atom. The molecule has 2 nitrogen and oxygen atoms in total. The number of aromatic nitrogens is 1. The predicted molar refractivity (Wildman–Crippen MR) is 73.8 cm³/mol. The van der Waals surface area contributed by atoms with Crippen molar-refractivity contribution in [1.29, 1.82) is 0 Å². The third-order valence-corrected chi connectivity index (χ3v) is 4.42. The van der Waals surface area contributed by atoms with E-state index in [1.807, 2.05) is 19.1 Å². The summed E-state index contributed by atoms with van der Waals surface area (Å²) in [4.78, 5) is 6.68. The Labute approximate surface area is 108 Å². The van der Waals surface area contributed by atoms with Crippen LogP contribution in [0.15, 0.2) is 28.1 Å². The van der Waals surface area contributed by atoms with Crippen LogP contribution in [0.1, 0.15) is 11.3 Å². The van der Waals surface area contributed by atoms with Crippen LogP contribution in [0.4, 0.5) is 10.8 Å².